The van der Waals surface area contributed by atoms with Crippen molar-refractivity contribution in [2.24, 2.45) is 4.99 Å². The van der Waals surface area contributed by atoms with Crippen molar-refractivity contribution in [2.75, 3.05) is 31.1 Å². The molecule has 0 aliphatic carbocycles. The molecule has 0 radical (unpaired) electrons. The Balaban J connectivity index is 0.00000280. The molecule has 1 aliphatic heterocycles. The minimum absolute atomic E-state index is 0. The van der Waals surface area contributed by atoms with E-state index in [1.807, 2.05) is 31.3 Å². The minimum atomic E-state index is -0.635. The van der Waals surface area contributed by atoms with Gasteiger partial charge in [0.1, 0.15) is 11.9 Å². The van der Waals surface area contributed by atoms with Crippen LogP contribution >= 0.6 is 46.9 Å². The van der Waals surface area contributed by atoms with Gasteiger partial charge in [0.05, 0.1) is 10.9 Å². The van der Waals surface area contributed by atoms with Crippen molar-refractivity contribution < 1.29 is 5.11 Å². The summed E-state index contributed by atoms with van der Waals surface area (Å²) in [7, 11) is 0. The van der Waals surface area contributed by atoms with Crippen molar-refractivity contribution in [2.45, 2.75) is 31.9 Å². The first-order valence-corrected chi connectivity index (χ1v) is 10.5. The molecule has 3 heterocycles. The van der Waals surface area contributed by atoms with Gasteiger partial charge in [0, 0.05) is 36.8 Å². The van der Waals surface area contributed by atoms with Crippen LogP contribution < -0.4 is 15.5 Å². The van der Waals surface area contributed by atoms with Crippen molar-refractivity contribution in [3.8, 4) is 0 Å². The molecule has 1 aliphatic rings. The first kappa shape index (κ1) is 23.2. The zero-order valence-corrected chi connectivity index (χ0v) is 19.7. The monoisotopic (exact) mass is 535 g/mol. The molecule has 0 bridgehead atoms. The average Bonchev–Trinajstić information content (AvgIpc) is 3.14. The Morgan fingerprint density at radius 3 is 2.75 bits per heavy atom. The van der Waals surface area contributed by atoms with E-state index in [4.69, 9.17) is 11.6 Å². The number of aliphatic hydroxyl groups excluding tert-OH is 1. The first-order valence-electron chi connectivity index (χ1n) is 9.30. The number of rotatable bonds is 6. The maximum absolute atomic E-state index is 10.3. The zero-order valence-electron chi connectivity index (χ0n) is 15.8. The fraction of sp³-hybridized carbons (Fsp3) is 0.474. The lowest BCUT2D eigenvalue weighted by molar-refractivity contribution is 0.191. The van der Waals surface area contributed by atoms with Crippen LogP contribution in [-0.2, 0) is 0 Å². The second-order valence-electron chi connectivity index (χ2n) is 6.47. The van der Waals surface area contributed by atoms with Gasteiger partial charge in [0.2, 0.25) is 0 Å². The molecule has 1 atom stereocenters. The fourth-order valence-electron chi connectivity index (χ4n) is 3.08. The summed E-state index contributed by atoms with van der Waals surface area (Å²) in [5.74, 6) is 1.78. The maximum Gasteiger partial charge on any atom is 0.191 e. The van der Waals surface area contributed by atoms with Gasteiger partial charge in [-0.2, -0.15) is 0 Å². The van der Waals surface area contributed by atoms with Gasteiger partial charge >= 0.3 is 0 Å². The SMILES string of the molecule is CCNC(=NCC(O)c1ccc(Cl)s1)NC1CCN(c2ccccn2)CC1.I. The Hall–Kier alpha value is -1.10. The number of aromatic nitrogens is 1. The lowest BCUT2D eigenvalue weighted by Gasteiger charge is -2.33. The van der Waals surface area contributed by atoms with Crippen LogP contribution in [0, 0.1) is 0 Å². The Bertz CT molecular complexity index is 737. The van der Waals surface area contributed by atoms with E-state index in [1.165, 1.54) is 11.3 Å². The summed E-state index contributed by atoms with van der Waals surface area (Å²) >= 11 is 7.33. The quantitative estimate of drug-likeness (QED) is 0.299. The smallest absolute Gasteiger partial charge is 0.191 e. The van der Waals surface area contributed by atoms with Crippen molar-refractivity contribution in [1.82, 2.24) is 15.6 Å². The molecule has 28 heavy (non-hydrogen) atoms. The summed E-state index contributed by atoms with van der Waals surface area (Å²) in [6.07, 6.45) is 3.24. The Morgan fingerprint density at radius 2 is 2.14 bits per heavy atom. The molecule has 2 aromatic heterocycles. The van der Waals surface area contributed by atoms with Gasteiger partial charge in [-0.3, -0.25) is 4.99 Å². The van der Waals surface area contributed by atoms with E-state index in [0.717, 1.165) is 49.1 Å². The van der Waals surface area contributed by atoms with Crippen LogP contribution in [0.1, 0.15) is 30.7 Å². The van der Waals surface area contributed by atoms with Crippen LogP contribution in [0.4, 0.5) is 5.82 Å². The van der Waals surface area contributed by atoms with Crippen LogP contribution in [-0.4, -0.2) is 48.3 Å². The van der Waals surface area contributed by atoms with E-state index in [2.05, 4.69) is 31.6 Å². The van der Waals surface area contributed by atoms with Gasteiger partial charge in [-0.1, -0.05) is 17.7 Å². The van der Waals surface area contributed by atoms with Crippen LogP contribution in [0.5, 0.6) is 0 Å². The molecular weight excluding hydrogens is 509 g/mol. The number of anilines is 1. The van der Waals surface area contributed by atoms with Gasteiger partial charge in [0.15, 0.2) is 5.96 Å². The number of piperidine rings is 1. The van der Waals surface area contributed by atoms with Gasteiger partial charge < -0.3 is 20.6 Å². The van der Waals surface area contributed by atoms with Crippen molar-refractivity contribution in [1.29, 1.82) is 0 Å². The molecule has 1 unspecified atom stereocenters. The maximum atomic E-state index is 10.3. The summed E-state index contributed by atoms with van der Waals surface area (Å²) in [6, 6.07) is 10.0. The third-order valence-electron chi connectivity index (χ3n) is 4.50. The van der Waals surface area contributed by atoms with Crippen LogP contribution in [0.25, 0.3) is 0 Å². The minimum Gasteiger partial charge on any atom is -0.386 e. The second-order valence-corrected chi connectivity index (χ2v) is 8.22. The van der Waals surface area contributed by atoms with E-state index < -0.39 is 6.10 Å². The van der Waals surface area contributed by atoms with Gasteiger partial charge in [-0.25, -0.2) is 4.98 Å². The van der Waals surface area contributed by atoms with Crippen LogP contribution in [0.3, 0.4) is 0 Å². The van der Waals surface area contributed by atoms with E-state index in [9.17, 15) is 5.11 Å². The molecule has 0 spiro atoms. The predicted octanol–water partition coefficient (Wildman–Crippen LogP) is 3.67. The summed E-state index contributed by atoms with van der Waals surface area (Å²) in [4.78, 5) is 12.1. The topological polar surface area (TPSA) is 72.8 Å². The fourth-order valence-corrected chi connectivity index (χ4v) is 4.12. The molecule has 1 fully saturated rings. The predicted molar refractivity (Wildman–Crippen MR) is 128 cm³/mol. The summed E-state index contributed by atoms with van der Waals surface area (Å²) in [6.45, 7) is 5.05. The van der Waals surface area contributed by atoms with Crippen molar-refractivity contribution in [3.63, 3.8) is 0 Å². The number of nitrogens with zero attached hydrogens (tertiary/aromatic N) is 3. The number of pyridine rings is 1. The molecule has 3 N–H and O–H groups in total. The Labute approximate surface area is 192 Å². The lowest BCUT2D eigenvalue weighted by atomic mass is 10.1. The van der Waals surface area contributed by atoms with E-state index in [1.54, 1.807) is 6.07 Å². The number of nitrogens with one attached hydrogen (secondary N) is 2. The highest BCUT2D eigenvalue weighted by atomic mass is 127. The number of thiophene rings is 1. The molecule has 1 saturated heterocycles. The number of aliphatic imine (C=N–C) groups is 1. The van der Waals surface area contributed by atoms with E-state index >= 15 is 0 Å². The molecule has 9 heteroatoms. The van der Waals surface area contributed by atoms with Gasteiger partial charge in [0.25, 0.3) is 0 Å². The molecule has 0 saturated carbocycles. The van der Waals surface area contributed by atoms with Crippen molar-refractivity contribution in [3.05, 3.63) is 45.7 Å². The first-order chi connectivity index (χ1) is 13.2. The second kappa shape index (κ2) is 11.8. The molecular formula is C19H27ClIN5OS. The molecule has 6 nitrogen and oxygen atoms in total. The Morgan fingerprint density at radius 1 is 1.36 bits per heavy atom. The highest BCUT2D eigenvalue weighted by Gasteiger charge is 2.21. The summed E-state index contributed by atoms with van der Waals surface area (Å²) in [5, 5.41) is 17.1. The highest BCUT2D eigenvalue weighted by Crippen LogP contribution is 2.27. The molecule has 2 aromatic rings. The number of hydrogen-bond acceptors (Lipinski definition) is 5. The molecule has 3 rings (SSSR count). The molecule has 0 aromatic carbocycles. The lowest BCUT2D eigenvalue weighted by Crippen LogP contribution is -2.49. The largest absolute Gasteiger partial charge is 0.386 e. The van der Waals surface area contributed by atoms with E-state index in [0.29, 0.717) is 16.9 Å². The van der Waals surface area contributed by atoms with Crippen LogP contribution in [0.15, 0.2) is 41.5 Å². The molecule has 154 valence electrons. The number of aliphatic hydroxyl groups is 1. The van der Waals surface area contributed by atoms with E-state index in [-0.39, 0.29) is 24.0 Å². The molecule has 0 amide bonds. The normalized spacial score (nSPS) is 16.4. The summed E-state index contributed by atoms with van der Waals surface area (Å²) < 4.78 is 0.678. The number of hydrogen-bond donors (Lipinski definition) is 3. The third kappa shape index (κ3) is 6.75. The average molecular weight is 536 g/mol. The Kier molecular flexibility index (Phi) is 9.76. The standard InChI is InChI=1S/C19H26ClN5OS.HI/c1-2-21-19(23-13-15(26)16-6-7-17(20)27-16)24-14-8-11-25(12-9-14)18-5-3-4-10-22-18;/h3-7,10,14-15,26H,2,8-9,11-13H2,1H3,(H2,21,23,24);1H. The van der Waals surface area contributed by atoms with Gasteiger partial charge in [-0.15, -0.1) is 35.3 Å². The number of guanidine groups is 1. The highest BCUT2D eigenvalue weighted by molar-refractivity contribution is 14.0. The summed E-state index contributed by atoms with van der Waals surface area (Å²) in [5.41, 5.74) is 0. The number of halogens is 2. The van der Waals surface area contributed by atoms with Crippen LogP contribution in [0.2, 0.25) is 4.34 Å². The third-order valence-corrected chi connectivity index (χ3v) is 5.83. The van der Waals surface area contributed by atoms with Crippen molar-refractivity contribution >= 4 is 58.7 Å². The van der Waals surface area contributed by atoms with Gasteiger partial charge in [-0.05, 0) is 44.0 Å². The zero-order chi connectivity index (χ0) is 19.1.